The predicted molar refractivity (Wildman–Crippen MR) is 118 cm³/mol. The van der Waals surface area contributed by atoms with Crippen molar-refractivity contribution in [2.24, 2.45) is 11.3 Å². The molecule has 2 aliphatic rings. The van der Waals surface area contributed by atoms with Gasteiger partial charge in [-0.05, 0) is 85.8 Å². The van der Waals surface area contributed by atoms with Crippen LogP contribution in [0.15, 0.2) is 16.7 Å². The van der Waals surface area contributed by atoms with Gasteiger partial charge in [0.05, 0.1) is 11.0 Å². The molecule has 0 aliphatic heterocycles. The van der Waals surface area contributed by atoms with Crippen molar-refractivity contribution in [3.8, 4) is 27.9 Å². The summed E-state index contributed by atoms with van der Waals surface area (Å²) in [7, 11) is 0. The molecule has 1 saturated carbocycles. The van der Waals surface area contributed by atoms with Crippen molar-refractivity contribution in [3.63, 3.8) is 0 Å². The number of fused-ring (bicyclic) bond motifs is 3. The monoisotopic (exact) mass is 424 g/mol. The van der Waals surface area contributed by atoms with Crippen LogP contribution in [0.5, 0.6) is 5.75 Å². The number of aromatic nitrogens is 2. The first-order valence-electron chi connectivity index (χ1n) is 10.6. The van der Waals surface area contributed by atoms with Gasteiger partial charge < -0.3 is 14.4 Å². The molecule has 5 rings (SSSR count). The molecule has 2 heterocycles. The lowest BCUT2D eigenvalue weighted by Gasteiger charge is -2.14. The summed E-state index contributed by atoms with van der Waals surface area (Å²) >= 11 is 1.80. The Bertz CT molecular complexity index is 1120. The van der Waals surface area contributed by atoms with Crippen molar-refractivity contribution >= 4 is 11.3 Å². The molecule has 3 atom stereocenters. The Morgan fingerprint density at radius 3 is 2.63 bits per heavy atom. The van der Waals surface area contributed by atoms with Gasteiger partial charge in [0.25, 0.3) is 5.89 Å². The van der Waals surface area contributed by atoms with Gasteiger partial charge in [-0.3, -0.25) is 0 Å². The van der Waals surface area contributed by atoms with Gasteiger partial charge in [-0.25, -0.2) is 0 Å². The fourth-order valence-corrected chi connectivity index (χ4v) is 6.41. The summed E-state index contributed by atoms with van der Waals surface area (Å²) in [5.41, 5.74) is 6.28. The van der Waals surface area contributed by atoms with E-state index >= 15 is 0 Å². The Hall–Kier alpha value is -2.18. The van der Waals surface area contributed by atoms with Gasteiger partial charge in [0.1, 0.15) is 12.4 Å². The Kier molecular flexibility index (Phi) is 4.39. The van der Waals surface area contributed by atoms with Crippen LogP contribution in [0.1, 0.15) is 53.8 Å². The standard InChI is InChI=1S/C24H28N2O3S/c1-11-7-15(8-12(2)20(11)28-10-13(3)27)23-25-22(26-29-23)21-16-9-17-19(24(17,5)6)18(16)14(4)30-21/h7-8,13,17,19,27H,9-10H2,1-6H3/t13?,17-,19-/m1/s1. The maximum absolute atomic E-state index is 9.50. The van der Waals surface area contributed by atoms with Crippen LogP contribution in [-0.4, -0.2) is 28.0 Å². The number of rotatable bonds is 5. The Labute approximate surface area is 181 Å². The van der Waals surface area contributed by atoms with Crippen molar-refractivity contribution in [3.05, 3.63) is 39.3 Å². The van der Waals surface area contributed by atoms with E-state index in [0.29, 0.717) is 23.0 Å². The number of ether oxygens (including phenoxy) is 1. The molecule has 1 N–H and O–H groups in total. The SMILES string of the molecule is Cc1cc(-c2nc(-c3sc(C)c4c3C[C@@H]3[C@H]4C3(C)C)no2)cc(C)c1OCC(C)O. The topological polar surface area (TPSA) is 68.4 Å². The number of nitrogens with zero attached hydrogens (tertiary/aromatic N) is 2. The van der Waals surface area contributed by atoms with E-state index in [2.05, 4.69) is 25.9 Å². The molecule has 1 fully saturated rings. The molecule has 2 aliphatic carbocycles. The molecule has 0 spiro atoms. The molecular weight excluding hydrogens is 396 g/mol. The van der Waals surface area contributed by atoms with Crippen molar-refractivity contribution in [2.45, 2.75) is 60.0 Å². The minimum Gasteiger partial charge on any atom is -0.490 e. The predicted octanol–water partition coefficient (Wildman–Crippen LogP) is 5.45. The second-order valence-electron chi connectivity index (χ2n) is 9.51. The van der Waals surface area contributed by atoms with E-state index in [1.165, 1.54) is 15.3 Å². The summed E-state index contributed by atoms with van der Waals surface area (Å²) in [5.74, 6) is 3.49. The molecule has 30 heavy (non-hydrogen) atoms. The average molecular weight is 425 g/mol. The highest BCUT2D eigenvalue weighted by atomic mass is 32.1. The van der Waals surface area contributed by atoms with Crippen molar-refractivity contribution < 1.29 is 14.4 Å². The highest BCUT2D eigenvalue weighted by molar-refractivity contribution is 7.15. The Morgan fingerprint density at radius 1 is 1.27 bits per heavy atom. The number of thiophene rings is 1. The second-order valence-corrected chi connectivity index (χ2v) is 10.7. The minimum atomic E-state index is -0.505. The lowest BCUT2D eigenvalue weighted by Crippen LogP contribution is -2.13. The minimum absolute atomic E-state index is 0.271. The zero-order valence-electron chi connectivity index (χ0n) is 18.4. The summed E-state index contributed by atoms with van der Waals surface area (Å²) < 4.78 is 11.4. The van der Waals surface area contributed by atoms with E-state index in [9.17, 15) is 5.11 Å². The molecule has 5 nitrogen and oxygen atoms in total. The smallest absolute Gasteiger partial charge is 0.258 e. The first kappa shape index (κ1) is 19.8. The van der Waals surface area contributed by atoms with Gasteiger partial charge in [-0.1, -0.05) is 19.0 Å². The van der Waals surface area contributed by atoms with Crippen LogP contribution in [0.4, 0.5) is 0 Å². The van der Waals surface area contributed by atoms with E-state index in [4.69, 9.17) is 14.2 Å². The molecule has 3 aromatic rings. The lowest BCUT2D eigenvalue weighted by molar-refractivity contribution is 0.122. The zero-order chi connectivity index (χ0) is 21.4. The van der Waals surface area contributed by atoms with E-state index in [1.54, 1.807) is 23.8 Å². The number of aliphatic hydroxyl groups is 1. The molecule has 1 unspecified atom stereocenters. The quantitative estimate of drug-likeness (QED) is 0.590. The molecule has 0 amide bonds. The maximum Gasteiger partial charge on any atom is 0.258 e. The molecule has 1 aromatic carbocycles. The number of hydrogen-bond acceptors (Lipinski definition) is 6. The lowest BCUT2D eigenvalue weighted by atomic mass is 9.95. The normalized spacial score (nSPS) is 22.0. The largest absolute Gasteiger partial charge is 0.490 e. The van der Waals surface area contributed by atoms with E-state index in [1.807, 2.05) is 26.0 Å². The summed E-state index contributed by atoms with van der Waals surface area (Å²) in [6.07, 6.45) is 0.624. The highest BCUT2D eigenvalue weighted by Crippen LogP contribution is 2.72. The van der Waals surface area contributed by atoms with Gasteiger partial charge in [0.15, 0.2) is 0 Å². The number of benzene rings is 1. The van der Waals surface area contributed by atoms with Crippen molar-refractivity contribution in [1.29, 1.82) is 0 Å². The van der Waals surface area contributed by atoms with Crippen LogP contribution in [0.2, 0.25) is 0 Å². The molecule has 2 aromatic heterocycles. The first-order chi connectivity index (χ1) is 14.2. The van der Waals surface area contributed by atoms with Crippen LogP contribution >= 0.6 is 11.3 Å². The fraction of sp³-hybridized carbons (Fsp3) is 0.500. The van der Waals surface area contributed by atoms with Gasteiger partial charge in [-0.15, -0.1) is 11.3 Å². The average Bonchev–Trinajstić information content (AvgIpc) is 3.16. The molecule has 158 valence electrons. The summed E-state index contributed by atoms with van der Waals surface area (Å²) in [4.78, 5) is 7.33. The third-order valence-corrected chi connectivity index (χ3v) is 7.98. The van der Waals surface area contributed by atoms with Crippen LogP contribution in [0.3, 0.4) is 0 Å². The molecule has 0 saturated heterocycles. The highest BCUT2D eigenvalue weighted by Gasteiger charge is 2.63. The summed E-state index contributed by atoms with van der Waals surface area (Å²) in [6.45, 7) is 13.0. The zero-order valence-corrected chi connectivity index (χ0v) is 19.2. The fourth-order valence-electron chi connectivity index (χ4n) is 5.25. The van der Waals surface area contributed by atoms with Crippen molar-refractivity contribution in [2.75, 3.05) is 6.61 Å². The molecule has 6 heteroatoms. The van der Waals surface area contributed by atoms with E-state index in [0.717, 1.165) is 34.8 Å². The van der Waals surface area contributed by atoms with Crippen LogP contribution in [-0.2, 0) is 6.42 Å². The number of aliphatic hydroxyl groups excluding tert-OH is 1. The van der Waals surface area contributed by atoms with E-state index < -0.39 is 6.10 Å². The third-order valence-electron chi connectivity index (χ3n) is 6.82. The van der Waals surface area contributed by atoms with Crippen molar-refractivity contribution in [1.82, 2.24) is 10.1 Å². The Balaban J connectivity index is 1.45. The molecule has 0 bridgehead atoms. The first-order valence-corrected chi connectivity index (χ1v) is 11.4. The molecular formula is C24H28N2O3S. The van der Waals surface area contributed by atoms with E-state index in [-0.39, 0.29) is 6.61 Å². The maximum atomic E-state index is 9.50. The van der Waals surface area contributed by atoms with Crippen LogP contribution in [0, 0.1) is 32.1 Å². The number of aryl methyl sites for hydroxylation is 3. The Morgan fingerprint density at radius 2 is 1.97 bits per heavy atom. The number of hydrogen-bond donors (Lipinski definition) is 1. The summed E-state index contributed by atoms with van der Waals surface area (Å²) in [5, 5.41) is 13.8. The van der Waals surface area contributed by atoms with Crippen LogP contribution < -0.4 is 4.74 Å². The van der Waals surface area contributed by atoms with Gasteiger partial charge in [0, 0.05) is 10.4 Å². The second kappa shape index (κ2) is 6.66. The van der Waals surface area contributed by atoms with Gasteiger partial charge in [0.2, 0.25) is 5.82 Å². The summed E-state index contributed by atoms with van der Waals surface area (Å²) in [6, 6.07) is 4.01. The van der Waals surface area contributed by atoms with Gasteiger partial charge >= 0.3 is 0 Å². The van der Waals surface area contributed by atoms with Crippen LogP contribution in [0.25, 0.3) is 22.2 Å². The van der Waals surface area contributed by atoms with Gasteiger partial charge in [-0.2, -0.15) is 4.98 Å². The third kappa shape index (κ3) is 2.92. The molecule has 0 radical (unpaired) electrons.